The molecule has 1 aromatic heterocycles. The van der Waals surface area contributed by atoms with Gasteiger partial charge in [0.1, 0.15) is 11.4 Å². The average Bonchev–Trinajstić information content (AvgIpc) is 3.40. The van der Waals surface area contributed by atoms with Gasteiger partial charge in [-0.2, -0.15) is 8.42 Å². The summed E-state index contributed by atoms with van der Waals surface area (Å²) in [7, 11) is -2.12. The molecule has 2 aliphatic carbocycles. The Bertz CT molecular complexity index is 1160. The SMILES string of the molecule is COC(=O)C1(Oc2ccc(CCCn3ccc4c3C=CC(C)(OS(C)(=O)=O)C4)cc2)CCCC1. The van der Waals surface area contributed by atoms with E-state index in [1.807, 2.05) is 48.7 Å². The number of nitrogens with zero attached hydrogens (tertiary/aromatic N) is 1. The zero-order chi connectivity index (χ0) is 24.4. The molecule has 1 fully saturated rings. The molecular formula is C26H33NO6S. The summed E-state index contributed by atoms with van der Waals surface area (Å²) >= 11 is 0. The zero-order valence-corrected chi connectivity index (χ0v) is 20.9. The topological polar surface area (TPSA) is 83.8 Å². The summed E-state index contributed by atoms with van der Waals surface area (Å²) in [5.74, 6) is 0.404. The van der Waals surface area contributed by atoms with Crippen LogP contribution in [0.2, 0.25) is 0 Å². The number of carbonyl (C=O) groups is 1. The smallest absolute Gasteiger partial charge is 0.350 e. The van der Waals surface area contributed by atoms with E-state index in [0.29, 0.717) is 25.0 Å². The fourth-order valence-corrected chi connectivity index (χ4v) is 5.86. The normalized spacial score (nSPS) is 21.3. The molecular weight excluding hydrogens is 454 g/mol. The first-order chi connectivity index (χ1) is 16.1. The molecule has 1 aromatic carbocycles. The highest BCUT2D eigenvalue weighted by Crippen LogP contribution is 2.36. The third-order valence-corrected chi connectivity index (χ3v) is 7.32. The summed E-state index contributed by atoms with van der Waals surface area (Å²) in [5, 5.41) is 0. The van der Waals surface area contributed by atoms with Crippen LogP contribution >= 0.6 is 0 Å². The number of aryl methyl sites for hydroxylation is 2. The van der Waals surface area contributed by atoms with Gasteiger partial charge in [-0.1, -0.05) is 12.1 Å². The predicted octanol–water partition coefficient (Wildman–Crippen LogP) is 4.29. The second-order valence-corrected chi connectivity index (χ2v) is 11.1. The van der Waals surface area contributed by atoms with Crippen molar-refractivity contribution in [3.05, 3.63) is 59.4 Å². The van der Waals surface area contributed by atoms with Gasteiger partial charge in [0.15, 0.2) is 0 Å². The second-order valence-electron chi connectivity index (χ2n) is 9.57. The lowest BCUT2D eigenvalue weighted by molar-refractivity contribution is -0.158. The molecule has 0 spiro atoms. The van der Waals surface area contributed by atoms with Crippen LogP contribution < -0.4 is 4.74 Å². The van der Waals surface area contributed by atoms with Gasteiger partial charge in [0.2, 0.25) is 5.60 Å². The summed E-state index contributed by atoms with van der Waals surface area (Å²) in [6, 6.07) is 10.00. The Morgan fingerprint density at radius 3 is 2.47 bits per heavy atom. The largest absolute Gasteiger partial charge is 0.476 e. The zero-order valence-electron chi connectivity index (χ0n) is 20.1. The monoisotopic (exact) mass is 487 g/mol. The number of rotatable bonds is 9. The lowest BCUT2D eigenvalue weighted by Gasteiger charge is -2.28. The minimum atomic E-state index is -3.53. The van der Waals surface area contributed by atoms with Gasteiger partial charge in [0, 0.05) is 24.9 Å². The van der Waals surface area contributed by atoms with E-state index in [1.54, 1.807) is 6.92 Å². The van der Waals surface area contributed by atoms with Gasteiger partial charge in [-0.15, -0.1) is 0 Å². The second kappa shape index (κ2) is 9.58. The lowest BCUT2D eigenvalue weighted by atomic mass is 9.91. The van der Waals surface area contributed by atoms with E-state index in [2.05, 4.69) is 4.57 Å². The molecule has 0 amide bonds. The number of ether oxygens (including phenoxy) is 2. The first-order valence-electron chi connectivity index (χ1n) is 11.8. The summed E-state index contributed by atoms with van der Waals surface area (Å²) in [6.45, 7) is 2.64. The quantitative estimate of drug-likeness (QED) is 0.388. The van der Waals surface area contributed by atoms with Crippen LogP contribution in [0.5, 0.6) is 5.75 Å². The molecule has 184 valence electrons. The highest BCUT2D eigenvalue weighted by atomic mass is 32.2. The van der Waals surface area contributed by atoms with Crippen LogP contribution in [0.1, 0.15) is 55.8 Å². The van der Waals surface area contributed by atoms with E-state index in [-0.39, 0.29) is 5.97 Å². The van der Waals surface area contributed by atoms with E-state index in [0.717, 1.165) is 49.7 Å². The van der Waals surface area contributed by atoms with E-state index in [4.69, 9.17) is 13.7 Å². The molecule has 7 nitrogen and oxygen atoms in total. The molecule has 0 radical (unpaired) electrons. The summed E-state index contributed by atoms with van der Waals surface area (Å²) in [4.78, 5) is 12.3. The Labute approximate surface area is 201 Å². The summed E-state index contributed by atoms with van der Waals surface area (Å²) < 4.78 is 41.7. The summed E-state index contributed by atoms with van der Waals surface area (Å²) in [6.07, 6.45) is 12.6. The maximum atomic E-state index is 12.3. The van der Waals surface area contributed by atoms with Crippen LogP contribution in [-0.2, 0) is 43.2 Å². The molecule has 0 aliphatic heterocycles. The van der Waals surface area contributed by atoms with Crippen LogP contribution in [0.3, 0.4) is 0 Å². The van der Waals surface area contributed by atoms with Crippen molar-refractivity contribution < 1.29 is 26.9 Å². The fourth-order valence-electron chi connectivity index (χ4n) is 5.06. The van der Waals surface area contributed by atoms with Crippen molar-refractivity contribution in [2.24, 2.45) is 0 Å². The Kier molecular flexibility index (Phi) is 6.92. The molecule has 4 rings (SSSR count). The van der Waals surface area contributed by atoms with E-state index in [1.165, 1.54) is 12.7 Å². The van der Waals surface area contributed by atoms with Crippen molar-refractivity contribution in [3.8, 4) is 5.75 Å². The summed E-state index contributed by atoms with van der Waals surface area (Å²) in [5.41, 5.74) is 1.70. The highest BCUT2D eigenvalue weighted by molar-refractivity contribution is 7.86. The van der Waals surface area contributed by atoms with Gasteiger partial charge in [-0.25, -0.2) is 4.79 Å². The van der Waals surface area contributed by atoms with Crippen LogP contribution in [0.15, 0.2) is 42.6 Å². The van der Waals surface area contributed by atoms with Gasteiger partial charge >= 0.3 is 5.97 Å². The molecule has 1 saturated carbocycles. The molecule has 1 atom stereocenters. The number of hydrogen-bond acceptors (Lipinski definition) is 6. The third kappa shape index (κ3) is 5.55. The van der Waals surface area contributed by atoms with E-state index >= 15 is 0 Å². The lowest BCUT2D eigenvalue weighted by Crippen LogP contribution is -2.42. The number of methoxy groups -OCH3 is 1. The van der Waals surface area contributed by atoms with Crippen molar-refractivity contribution in [1.82, 2.24) is 4.57 Å². The molecule has 0 N–H and O–H groups in total. The van der Waals surface area contributed by atoms with Crippen molar-refractivity contribution in [2.45, 2.75) is 69.6 Å². The first-order valence-corrected chi connectivity index (χ1v) is 13.6. The number of benzene rings is 1. The molecule has 0 saturated heterocycles. The van der Waals surface area contributed by atoms with Crippen LogP contribution in [-0.4, -0.2) is 43.5 Å². The van der Waals surface area contributed by atoms with Crippen molar-refractivity contribution in [1.29, 1.82) is 0 Å². The molecule has 2 aromatic rings. The number of carbonyl (C=O) groups excluding carboxylic acids is 1. The van der Waals surface area contributed by atoms with Crippen LogP contribution in [0.4, 0.5) is 0 Å². The fraction of sp³-hybridized carbons (Fsp3) is 0.500. The van der Waals surface area contributed by atoms with E-state index < -0.39 is 21.3 Å². The number of hydrogen-bond donors (Lipinski definition) is 0. The number of esters is 1. The van der Waals surface area contributed by atoms with Crippen LogP contribution in [0, 0.1) is 0 Å². The van der Waals surface area contributed by atoms with Gasteiger partial charge in [-0.05, 0) is 86.9 Å². The van der Waals surface area contributed by atoms with Gasteiger partial charge in [0.05, 0.1) is 13.4 Å². The molecule has 8 heteroatoms. The maximum absolute atomic E-state index is 12.3. The highest BCUT2D eigenvalue weighted by Gasteiger charge is 2.44. The molecule has 34 heavy (non-hydrogen) atoms. The minimum absolute atomic E-state index is 0.290. The Balaban J connectivity index is 1.33. The van der Waals surface area contributed by atoms with Crippen molar-refractivity contribution in [2.75, 3.05) is 13.4 Å². The maximum Gasteiger partial charge on any atom is 0.350 e. The van der Waals surface area contributed by atoms with Gasteiger partial charge in [-0.3, -0.25) is 4.18 Å². The van der Waals surface area contributed by atoms with E-state index in [9.17, 15) is 13.2 Å². The van der Waals surface area contributed by atoms with Crippen LogP contribution in [0.25, 0.3) is 6.08 Å². The Hall–Kier alpha value is -2.58. The molecule has 2 aliphatic rings. The molecule has 1 heterocycles. The average molecular weight is 488 g/mol. The minimum Gasteiger partial charge on any atom is -0.476 e. The van der Waals surface area contributed by atoms with Crippen molar-refractivity contribution >= 4 is 22.2 Å². The van der Waals surface area contributed by atoms with Gasteiger partial charge in [0.25, 0.3) is 10.1 Å². The van der Waals surface area contributed by atoms with Gasteiger partial charge < -0.3 is 14.0 Å². The number of fused-ring (bicyclic) bond motifs is 1. The standard InChI is InChI=1S/C26H33NO6S/c1-25(33-34(3,29)30)16-12-23-21(19-25)13-18-27(23)17-6-7-20-8-10-22(11-9-20)32-26(24(28)31-2)14-4-5-15-26/h8-13,16,18H,4-7,14-15,17,19H2,1-3H3. The molecule has 0 bridgehead atoms. The predicted molar refractivity (Wildman–Crippen MR) is 130 cm³/mol. The molecule has 1 unspecified atom stereocenters. The van der Waals surface area contributed by atoms with Crippen molar-refractivity contribution in [3.63, 3.8) is 0 Å². The Morgan fingerprint density at radius 2 is 1.82 bits per heavy atom. The third-order valence-electron chi connectivity index (χ3n) is 6.64. The Morgan fingerprint density at radius 1 is 1.12 bits per heavy atom. The first kappa shape index (κ1) is 24.5. The number of aromatic nitrogens is 1.